The molecule has 0 spiro atoms. The first-order valence-corrected chi connectivity index (χ1v) is 9.77. The highest BCUT2D eigenvalue weighted by atomic mass is 16.5. The van der Waals surface area contributed by atoms with Gasteiger partial charge in [0.2, 0.25) is 0 Å². The standard InChI is InChI=1S/C21H25N5O2/c1-14(2)16-8-4-5-9-17(16)26-15(3)23-20(24-26)21(27)28-19-11-6-10-18(19)25-13-7-12-22-25/h4-5,7-9,12-14,18-19H,6,10-11H2,1-3H3/t18-,19-/m1/s1. The van der Waals surface area contributed by atoms with E-state index in [0.29, 0.717) is 11.7 Å². The molecule has 1 aliphatic carbocycles. The minimum atomic E-state index is -0.479. The zero-order valence-electron chi connectivity index (χ0n) is 16.4. The van der Waals surface area contributed by atoms with E-state index in [2.05, 4.69) is 35.1 Å². The number of ether oxygens (including phenoxy) is 1. The quantitative estimate of drug-likeness (QED) is 0.630. The fourth-order valence-electron chi connectivity index (χ4n) is 3.89. The van der Waals surface area contributed by atoms with E-state index in [1.54, 1.807) is 10.9 Å². The molecule has 146 valence electrons. The van der Waals surface area contributed by atoms with E-state index < -0.39 is 5.97 Å². The molecule has 28 heavy (non-hydrogen) atoms. The van der Waals surface area contributed by atoms with Crippen molar-refractivity contribution in [3.05, 3.63) is 59.9 Å². The minimum Gasteiger partial charge on any atom is -0.454 e. The summed E-state index contributed by atoms with van der Waals surface area (Å²) in [4.78, 5) is 17.1. The maximum absolute atomic E-state index is 12.7. The van der Waals surface area contributed by atoms with Crippen molar-refractivity contribution < 1.29 is 9.53 Å². The molecular weight excluding hydrogens is 354 g/mol. The normalized spacial score (nSPS) is 19.3. The van der Waals surface area contributed by atoms with Crippen LogP contribution in [0.5, 0.6) is 0 Å². The van der Waals surface area contributed by atoms with Gasteiger partial charge in [-0.15, -0.1) is 5.10 Å². The number of aryl methyl sites for hydroxylation is 1. The molecule has 1 aromatic carbocycles. The largest absolute Gasteiger partial charge is 0.454 e. The first-order valence-electron chi connectivity index (χ1n) is 9.77. The van der Waals surface area contributed by atoms with Gasteiger partial charge in [-0.25, -0.2) is 14.5 Å². The van der Waals surface area contributed by atoms with Crippen LogP contribution >= 0.6 is 0 Å². The van der Waals surface area contributed by atoms with E-state index in [4.69, 9.17) is 4.74 Å². The maximum Gasteiger partial charge on any atom is 0.378 e. The Kier molecular flexibility index (Phi) is 4.98. The van der Waals surface area contributed by atoms with Gasteiger partial charge in [0.25, 0.3) is 5.82 Å². The lowest BCUT2D eigenvalue weighted by molar-refractivity contribution is 0.0196. The number of carbonyl (C=O) groups is 1. The highest BCUT2D eigenvalue weighted by molar-refractivity contribution is 5.85. The molecule has 3 aromatic rings. The average Bonchev–Trinajstić information content (AvgIpc) is 3.42. The number of para-hydroxylation sites is 1. The molecule has 0 aliphatic heterocycles. The molecule has 0 unspecified atom stereocenters. The monoisotopic (exact) mass is 379 g/mol. The predicted octanol–water partition coefficient (Wildman–Crippen LogP) is 3.85. The summed E-state index contributed by atoms with van der Waals surface area (Å²) in [7, 11) is 0. The van der Waals surface area contributed by atoms with Crippen LogP contribution in [-0.2, 0) is 4.74 Å². The van der Waals surface area contributed by atoms with Gasteiger partial charge in [-0.3, -0.25) is 4.68 Å². The molecule has 2 aromatic heterocycles. The second kappa shape index (κ2) is 7.58. The molecule has 0 saturated heterocycles. The summed E-state index contributed by atoms with van der Waals surface area (Å²) in [6.45, 7) is 6.12. The van der Waals surface area contributed by atoms with Crippen LogP contribution in [0.4, 0.5) is 0 Å². The molecule has 0 bridgehead atoms. The Bertz CT molecular complexity index is 961. The number of nitrogens with zero attached hydrogens (tertiary/aromatic N) is 5. The van der Waals surface area contributed by atoms with Gasteiger partial charge in [-0.2, -0.15) is 5.10 Å². The smallest absolute Gasteiger partial charge is 0.378 e. The van der Waals surface area contributed by atoms with Crippen LogP contribution in [0.15, 0.2) is 42.7 Å². The van der Waals surface area contributed by atoms with Crippen LogP contribution in [0.2, 0.25) is 0 Å². The second-order valence-electron chi connectivity index (χ2n) is 7.54. The van der Waals surface area contributed by atoms with Crippen LogP contribution in [0, 0.1) is 6.92 Å². The second-order valence-corrected chi connectivity index (χ2v) is 7.54. The van der Waals surface area contributed by atoms with Gasteiger partial charge in [0.1, 0.15) is 11.9 Å². The van der Waals surface area contributed by atoms with Crippen molar-refractivity contribution in [1.29, 1.82) is 0 Å². The van der Waals surface area contributed by atoms with E-state index in [9.17, 15) is 4.79 Å². The highest BCUT2D eigenvalue weighted by Crippen LogP contribution is 2.32. The summed E-state index contributed by atoms with van der Waals surface area (Å²) in [5, 5.41) is 8.76. The molecule has 7 nitrogen and oxygen atoms in total. The zero-order chi connectivity index (χ0) is 19.7. The van der Waals surface area contributed by atoms with Gasteiger partial charge in [0, 0.05) is 12.4 Å². The van der Waals surface area contributed by atoms with Gasteiger partial charge in [0.05, 0.1) is 11.7 Å². The van der Waals surface area contributed by atoms with E-state index in [0.717, 1.165) is 30.5 Å². The van der Waals surface area contributed by atoms with Crippen molar-refractivity contribution in [3.63, 3.8) is 0 Å². The number of carbonyl (C=O) groups excluding carboxylic acids is 1. The Morgan fingerprint density at radius 1 is 1.21 bits per heavy atom. The Labute approximate surface area is 164 Å². The molecule has 7 heteroatoms. The Morgan fingerprint density at radius 2 is 2.04 bits per heavy atom. The summed E-state index contributed by atoms with van der Waals surface area (Å²) in [6, 6.07) is 10.0. The topological polar surface area (TPSA) is 74.8 Å². The van der Waals surface area contributed by atoms with Crippen LogP contribution < -0.4 is 0 Å². The van der Waals surface area contributed by atoms with Crippen LogP contribution in [0.25, 0.3) is 5.69 Å². The van der Waals surface area contributed by atoms with Crippen LogP contribution in [0.1, 0.15) is 67.1 Å². The maximum atomic E-state index is 12.7. The third-order valence-corrected chi connectivity index (χ3v) is 5.28. The van der Waals surface area contributed by atoms with Gasteiger partial charge in [-0.05, 0) is 49.8 Å². The summed E-state index contributed by atoms with van der Waals surface area (Å²) < 4.78 is 9.38. The summed E-state index contributed by atoms with van der Waals surface area (Å²) in [5.74, 6) is 0.619. The number of rotatable bonds is 5. The third kappa shape index (κ3) is 3.44. The van der Waals surface area contributed by atoms with Crippen molar-refractivity contribution in [2.75, 3.05) is 0 Å². The Balaban J connectivity index is 1.56. The molecule has 2 heterocycles. The molecule has 4 rings (SSSR count). The van der Waals surface area contributed by atoms with E-state index in [-0.39, 0.29) is 18.0 Å². The summed E-state index contributed by atoms with van der Waals surface area (Å²) in [6.07, 6.45) is 6.23. The summed E-state index contributed by atoms with van der Waals surface area (Å²) in [5.41, 5.74) is 2.10. The third-order valence-electron chi connectivity index (χ3n) is 5.28. The molecule has 1 fully saturated rings. The Hall–Kier alpha value is -2.96. The van der Waals surface area contributed by atoms with Crippen molar-refractivity contribution >= 4 is 5.97 Å². The number of esters is 1. The van der Waals surface area contributed by atoms with Crippen molar-refractivity contribution in [2.45, 2.75) is 58.1 Å². The van der Waals surface area contributed by atoms with Crippen LogP contribution in [0.3, 0.4) is 0 Å². The van der Waals surface area contributed by atoms with E-state index in [1.807, 2.05) is 42.1 Å². The number of aromatic nitrogens is 5. The van der Waals surface area contributed by atoms with Gasteiger partial charge in [-0.1, -0.05) is 32.0 Å². The first-order chi connectivity index (χ1) is 13.5. The van der Waals surface area contributed by atoms with E-state index >= 15 is 0 Å². The zero-order valence-corrected chi connectivity index (χ0v) is 16.4. The fourth-order valence-corrected chi connectivity index (χ4v) is 3.89. The average molecular weight is 379 g/mol. The highest BCUT2D eigenvalue weighted by Gasteiger charge is 2.33. The minimum absolute atomic E-state index is 0.0730. The molecule has 0 radical (unpaired) electrons. The molecule has 1 saturated carbocycles. The summed E-state index contributed by atoms with van der Waals surface area (Å²) >= 11 is 0. The lowest BCUT2D eigenvalue weighted by Crippen LogP contribution is -2.25. The van der Waals surface area contributed by atoms with Gasteiger partial charge >= 0.3 is 5.97 Å². The van der Waals surface area contributed by atoms with Crippen LogP contribution in [-0.4, -0.2) is 36.6 Å². The number of hydrogen-bond donors (Lipinski definition) is 0. The molecule has 0 N–H and O–H groups in total. The van der Waals surface area contributed by atoms with Crippen molar-refractivity contribution in [1.82, 2.24) is 24.5 Å². The van der Waals surface area contributed by atoms with Gasteiger partial charge < -0.3 is 4.74 Å². The molecule has 1 aliphatic rings. The SMILES string of the molecule is Cc1nc(C(=O)O[C@@H]2CCC[C@H]2n2cccn2)nn1-c1ccccc1C(C)C. The number of benzene rings is 1. The Morgan fingerprint density at radius 3 is 2.79 bits per heavy atom. The lowest BCUT2D eigenvalue weighted by Gasteiger charge is -2.19. The van der Waals surface area contributed by atoms with Gasteiger partial charge in [0.15, 0.2) is 0 Å². The predicted molar refractivity (Wildman–Crippen MR) is 105 cm³/mol. The fraction of sp³-hybridized carbons (Fsp3) is 0.429. The molecule has 0 amide bonds. The van der Waals surface area contributed by atoms with Crippen molar-refractivity contribution in [3.8, 4) is 5.69 Å². The van der Waals surface area contributed by atoms with Crippen molar-refractivity contribution in [2.24, 2.45) is 0 Å². The molecular formula is C21H25N5O2. The first kappa shape index (κ1) is 18.4. The molecule has 2 atom stereocenters. The van der Waals surface area contributed by atoms with E-state index in [1.165, 1.54) is 0 Å². The lowest BCUT2D eigenvalue weighted by atomic mass is 10.0. The number of hydrogen-bond acceptors (Lipinski definition) is 5.